The van der Waals surface area contributed by atoms with Crippen LogP contribution in [-0.2, 0) is 17.5 Å². The highest BCUT2D eigenvalue weighted by atomic mass is 19.4. The molecule has 1 atom stereocenters. The Kier molecular flexibility index (Phi) is 6.03. The van der Waals surface area contributed by atoms with E-state index in [-0.39, 0.29) is 23.2 Å². The average molecular weight is 430 g/mol. The van der Waals surface area contributed by atoms with E-state index >= 15 is 0 Å². The number of aromatic nitrogens is 2. The third kappa shape index (κ3) is 5.29. The van der Waals surface area contributed by atoms with Crippen molar-refractivity contribution in [3.63, 3.8) is 0 Å². The molecule has 1 saturated heterocycles. The smallest absolute Gasteiger partial charge is 0.338 e. The van der Waals surface area contributed by atoms with Crippen molar-refractivity contribution in [2.75, 3.05) is 18.4 Å². The number of carbonyl (C=O) groups excluding carboxylic acids is 1. The van der Waals surface area contributed by atoms with Gasteiger partial charge >= 0.3 is 6.18 Å². The third-order valence-corrected chi connectivity index (χ3v) is 5.19. The van der Waals surface area contributed by atoms with Gasteiger partial charge in [0.2, 0.25) is 17.6 Å². The lowest BCUT2D eigenvalue weighted by molar-refractivity contribution is -0.137. The van der Waals surface area contributed by atoms with Gasteiger partial charge < -0.3 is 9.84 Å². The number of alkyl halides is 3. The number of hydrogen-bond acceptors (Lipinski definition) is 5. The normalized spacial score (nSPS) is 17.5. The number of anilines is 1. The van der Waals surface area contributed by atoms with Gasteiger partial charge in [-0.05, 0) is 43.7 Å². The molecule has 1 aliphatic heterocycles. The van der Waals surface area contributed by atoms with E-state index in [9.17, 15) is 18.0 Å². The molecule has 1 aliphatic rings. The van der Waals surface area contributed by atoms with Gasteiger partial charge in [0.05, 0.1) is 18.0 Å². The lowest BCUT2D eigenvalue weighted by Crippen LogP contribution is -2.40. The minimum Gasteiger partial charge on any atom is -0.338 e. The Morgan fingerprint density at radius 1 is 1.16 bits per heavy atom. The first-order valence-electron chi connectivity index (χ1n) is 9.97. The summed E-state index contributed by atoms with van der Waals surface area (Å²) < 4.78 is 44.1. The van der Waals surface area contributed by atoms with Gasteiger partial charge in [-0.2, -0.15) is 18.2 Å². The van der Waals surface area contributed by atoms with Crippen LogP contribution in [0.1, 0.15) is 24.3 Å². The Hall–Kier alpha value is -3.20. The molecule has 1 amide bonds. The van der Waals surface area contributed by atoms with Crippen molar-refractivity contribution in [3.05, 3.63) is 66.1 Å². The van der Waals surface area contributed by atoms with Crippen LogP contribution in [0, 0.1) is 5.92 Å². The molecule has 1 aromatic heterocycles. The van der Waals surface area contributed by atoms with Crippen LogP contribution in [-0.4, -0.2) is 34.0 Å². The first-order valence-corrected chi connectivity index (χ1v) is 9.97. The zero-order chi connectivity index (χ0) is 21.8. The fraction of sp³-hybridized carbons (Fsp3) is 0.318. The summed E-state index contributed by atoms with van der Waals surface area (Å²) in [6.07, 6.45) is -2.80. The van der Waals surface area contributed by atoms with Gasteiger partial charge in [0, 0.05) is 17.8 Å². The zero-order valence-electron chi connectivity index (χ0n) is 16.6. The van der Waals surface area contributed by atoms with E-state index < -0.39 is 11.7 Å². The maximum Gasteiger partial charge on any atom is 0.416 e. The summed E-state index contributed by atoms with van der Waals surface area (Å²) in [5, 5.41) is 6.76. The molecule has 2 heterocycles. The van der Waals surface area contributed by atoms with Gasteiger partial charge in [0.15, 0.2) is 0 Å². The maximum absolute atomic E-state index is 12.9. The van der Waals surface area contributed by atoms with Gasteiger partial charge in [-0.25, -0.2) is 0 Å². The van der Waals surface area contributed by atoms with Crippen LogP contribution in [0.25, 0.3) is 11.4 Å². The van der Waals surface area contributed by atoms with Crippen molar-refractivity contribution in [2.24, 2.45) is 5.92 Å². The van der Waals surface area contributed by atoms with Crippen LogP contribution in [0.3, 0.4) is 0 Å². The minimum atomic E-state index is -4.44. The molecular formula is C22H21F3N4O2. The van der Waals surface area contributed by atoms with E-state index in [0.717, 1.165) is 37.2 Å². The molecular weight excluding hydrogens is 409 g/mol. The second-order valence-corrected chi connectivity index (χ2v) is 7.52. The lowest BCUT2D eigenvalue weighted by Gasteiger charge is -2.30. The van der Waals surface area contributed by atoms with Crippen LogP contribution >= 0.6 is 0 Å². The number of nitrogens with zero attached hydrogens (tertiary/aromatic N) is 3. The number of likely N-dealkylation sites (tertiary alicyclic amines) is 1. The molecule has 0 saturated carbocycles. The van der Waals surface area contributed by atoms with Crippen molar-refractivity contribution in [1.82, 2.24) is 15.0 Å². The highest BCUT2D eigenvalue weighted by Gasteiger charge is 2.31. The molecule has 0 spiro atoms. The Labute approximate surface area is 177 Å². The van der Waals surface area contributed by atoms with E-state index in [2.05, 4.69) is 15.5 Å². The van der Waals surface area contributed by atoms with E-state index in [1.54, 1.807) is 0 Å². The first kappa shape index (κ1) is 21.0. The van der Waals surface area contributed by atoms with Crippen LogP contribution in [0.4, 0.5) is 18.9 Å². The number of benzene rings is 2. The molecule has 162 valence electrons. The molecule has 1 N–H and O–H groups in total. The van der Waals surface area contributed by atoms with E-state index in [1.807, 2.05) is 35.2 Å². The number of amides is 1. The van der Waals surface area contributed by atoms with Crippen molar-refractivity contribution >= 4 is 11.6 Å². The van der Waals surface area contributed by atoms with Crippen molar-refractivity contribution in [3.8, 4) is 11.4 Å². The lowest BCUT2D eigenvalue weighted by atomic mass is 9.97. The summed E-state index contributed by atoms with van der Waals surface area (Å²) in [5.74, 6) is 0.207. The molecule has 9 heteroatoms. The number of hydrogen-bond donors (Lipinski definition) is 1. The quantitative estimate of drug-likeness (QED) is 0.640. The zero-order valence-corrected chi connectivity index (χ0v) is 16.6. The Morgan fingerprint density at radius 3 is 2.74 bits per heavy atom. The van der Waals surface area contributed by atoms with Crippen LogP contribution in [0.2, 0.25) is 0 Å². The van der Waals surface area contributed by atoms with Crippen molar-refractivity contribution in [1.29, 1.82) is 0 Å². The van der Waals surface area contributed by atoms with Crippen molar-refractivity contribution < 1.29 is 22.5 Å². The number of para-hydroxylation sites is 1. The number of nitrogens with one attached hydrogen (secondary N) is 1. The average Bonchev–Trinajstić information content (AvgIpc) is 3.23. The fourth-order valence-corrected chi connectivity index (χ4v) is 3.64. The highest BCUT2D eigenvalue weighted by Crippen LogP contribution is 2.31. The molecule has 3 aromatic rings. The molecule has 0 aliphatic carbocycles. The second kappa shape index (κ2) is 8.89. The molecule has 1 fully saturated rings. The SMILES string of the molecule is O=C(Nc1ccccc1)C1CCCN(Cc2nc(-c3cccc(C(F)(F)F)c3)no2)C1. The Balaban J connectivity index is 1.39. The topological polar surface area (TPSA) is 71.3 Å². The molecule has 1 unspecified atom stereocenters. The summed E-state index contributed by atoms with van der Waals surface area (Å²) in [6.45, 7) is 1.65. The molecule has 31 heavy (non-hydrogen) atoms. The predicted molar refractivity (Wildman–Crippen MR) is 108 cm³/mol. The molecule has 4 rings (SSSR count). The summed E-state index contributed by atoms with van der Waals surface area (Å²) in [7, 11) is 0. The molecule has 0 radical (unpaired) electrons. The minimum absolute atomic E-state index is 0.0360. The summed E-state index contributed by atoms with van der Waals surface area (Å²) in [6, 6.07) is 14.1. The predicted octanol–water partition coefficient (Wildman–Crippen LogP) is 4.61. The number of piperidine rings is 1. The largest absolute Gasteiger partial charge is 0.416 e. The molecule has 2 aromatic carbocycles. The monoisotopic (exact) mass is 430 g/mol. The second-order valence-electron chi connectivity index (χ2n) is 7.52. The van der Waals surface area contributed by atoms with Crippen molar-refractivity contribution in [2.45, 2.75) is 25.6 Å². The highest BCUT2D eigenvalue weighted by molar-refractivity contribution is 5.92. The summed E-state index contributed by atoms with van der Waals surface area (Å²) >= 11 is 0. The van der Waals surface area contributed by atoms with E-state index in [0.29, 0.717) is 19.0 Å². The molecule has 0 bridgehead atoms. The Bertz CT molecular complexity index is 1040. The summed E-state index contributed by atoms with van der Waals surface area (Å²) in [4.78, 5) is 18.9. The van der Waals surface area contributed by atoms with E-state index in [1.165, 1.54) is 12.1 Å². The van der Waals surface area contributed by atoms with Gasteiger partial charge in [0.25, 0.3) is 0 Å². The van der Waals surface area contributed by atoms with Crippen LogP contribution in [0.15, 0.2) is 59.1 Å². The van der Waals surface area contributed by atoms with Crippen LogP contribution < -0.4 is 5.32 Å². The fourth-order valence-electron chi connectivity index (χ4n) is 3.64. The van der Waals surface area contributed by atoms with E-state index in [4.69, 9.17) is 4.52 Å². The van der Waals surface area contributed by atoms with Crippen LogP contribution in [0.5, 0.6) is 0 Å². The maximum atomic E-state index is 12.9. The summed E-state index contributed by atoms with van der Waals surface area (Å²) in [5.41, 5.74) is 0.232. The first-order chi connectivity index (χ1) is 14.9. The standard InChI is InChI=1S/C22H21F3N4O2/c23-22(24,25)17-8-4-6-15(12-17)20-27-19(31-28-20)14-29-11-5-7-16(13-29)21(30)26-18-9-2-1-3-10-18/h1-4,6,8-10,12,16H,5,7,11,13-14H2,(H,26,30). The van der Waals surface area contributed by atoms with Gasteiger partial charge in [-0.1, -0.05) is 35.5 Å². The number of rotatable bonds is 5. The number of carbonyl (C=O) groups is 1. The van der Waals surface area contributed by atoms with Gasteiger partial charge in [-0.15, -0.1) is 0 Å². The molecule has 6 nitrogen and oxygen atoms in total. The third-order valence-electron chi connectivity index (χ3n) is 5.19. The Morgan fingerprint density at radius 2 is 1.97 bits per heavy atom. The van der Waals surface area contributed by atoms with Gasteiger partial charge in [0.1, 0.15) is 0 Å². The van der Waals surface area contributed by atoms with Gasteiger partial charge in [-0.3, -0.25) is 9.69 Å². The number of halogens is 3.